The maximum atomic E-state index is 10.6. The molecule has 0 N–H and O–H groups in total. The molecule has 0 aromatic carbocycles. The molecule has 1 aromatic heterocycles. The van der Waals surface area contributed by atoms with Gasteiger partial charge in [-0.15, -0.1) is 22.9 Å². The number of carbonyl (C=O) groups excluding carboxylic acids is 1. The molecule has 1 rings (SSSR count). The van der Waals surface area contributed by atoms with Gasteiger partial charge in [0.15, 0.2) is 0 Å². The molecule has 0 saturated heterocycles. The molecule has 60 valence electrons. The van der Waals surface area contributed by atoms with Crippen LogP contribution in [-0.2, 0) is 17.1 Å². The van der Waals surface area contributed by atoms with Crippen LogP contribution in [0.5, 0.6) is 0 Å². The predicted octanol–water partition coefficient (Wildman–Crippen LogP) is 2.01. The molecule has 2 nitrogen and oxygen atoms in total. The Morgan fingerprint density at radius 3 is 3.00 bits per heavy atom. The normalized spacial score (nSPS) is 10.0. The van der Waals surface area contributed by atoms with Gasteiger partial charge in [0.2, 0.25) is 0 Å². The molecule has 0 bridgehead atoms. The van der Waals surface area contributed by atoms with Crippen molar-refractivity contribution < 1.29 is 4.79 Å². The van der Waals surface area contributed by atoms with E-state index in [9.17, 15) is 4.79 Å². The molecule has 0 spiro atoms. The Bertz CT molecular complexity index is 259. The topological polar surface area (TPSA) is 30.0 Å². The second kappa shape index (κ2) is 3.83. The largest absolute Gasteiger partial charge is 0.300 e. The van der Waals surface area contributed by atoms with E-state index in [-0.39, 0.29) is 5.78 Å². The Balaban J connectivity index is 2.65. The molecule has 0 unspecified atom stereocenters. The Hall–Kier alpha value is -0.410. The van der Waals surface area contributed by atoms with Crippen molar-refractivity contribution in [3.05, 3.63) is 16.1 Å². The number of hydrogen-bond acceptors (Lipinski definition) is 3. The van der Waals surface area contributed by atoms with E-state index in [2.05, 4.69) is 4.98 Å². The fourth-order valence-corrected chi connectivity index (χ4v) is 1.80. The van der Waals surface area contributed by atoms with Crippen LogP contribution in [0.2, 0.25) is 0 Å². The summed E-state index contributed by atoms with van der Waals surface area (Å²) in [7, 11) is 0. The Morgan fingerprint density at radius 1 is 1.82 bits per heavy atom. The minimum Gasteiger partial charge on any atom is -0.300 e. The molecule has 4 heteroatoms. The zero-order valence-electron chi connectivity index (χ0n) is 6.13. The zero-order valence-corrected chi connectivity index (χ0v) is 7.71. The van der Waals surface area contributed by atoms with Gasteiger partial charge in [0, 0.05) is 5.38 Å². The second-order valence-corrected chi connectivity index (χ2v) is 3.45. The lowest BCUT2D eigenvalue weighted by Crippen LogP contribution is -1.95. The Kier molecular flexibility index (Phi) is 3.02. The number of carbonyl (C=O) groups is 1. The van der Waals surface area contributed by atoms with Crippen LogP contribution < -0.4 is 0 Å². The van der Waals surface area contributed by atoms with Gasteiger partial charge < -0.3 is 0 Å². The van der Waals surface area contributed by atoms with Gasteiger partial charge in [0.05, 0.1) is 18.0 Å². The van der Waals surface area contributed by atoms with Gasteiger partial charge in [-0.05, 0) is 6.92 Å². The quantitative estimate of drug-likeness (QED) is 0.681. The predicted molar refractivity (Wildman–Crippen MR) is 46.1 cm³/mol. The summed E-state index contributed by atoms with van der Waals surface area (Å²) in [4.78, 5) is 14.8. The van der Waals surface area contributed by atoms with Crippen molar-refractivity contribution in [2.45, 2.75) is 19.2 Å². The summed E-state index contributed by atoms with van der Waals surface area (Å²) in [6, 6.07) is 0. The smallest absolute Gasteiger partial charge is 0.136 e. The van der Waals surface area contributed by atoms with Crippen molar-refractivity contribution in [2.75, 3.05) is 0 Å². The standard InChI is InChI=1S/C7H8ClNOS/c1-5(10)2-7-9-6(3-8)4-11-7/h4H,2-3H2,1H3. The third kappa shape index (κ3) is 2.60. The number of Topliss-reactive ketones (excluding diaryl/α,β-unsaturated/α-hetero) is 1. The van der Waals surface area contributed by atoms with Crippen molar-refractivity contribution in [3.8, 4) is 0 Å². The molecular formula is C7H8ClNOS. The van der Waals surface area contributed by atoms with Crippen LogP contribution in [0.3, 0.4) is 0 Å². The molecule has 0 aliphatic carbocycles. The summed E-state index contributed by atoms with van der Waals surface area (Å²) in [5.74, 6) is 0.564. The fourth-order valence-electron chi connectivity index (χ4n) is 0.704. The molecule has 0 amide bonds. The number of alkyl halides is 1. The zero-order chi connectivity index (χ0) is 8.27. The third-order valence-electron chi connectivity index (χ3n) is 1.14. The van der Waals surface area contributed by atoms with Gasteiger partial charge in [-0.25, -0.2) is 4.98 Å². The average Bonchev–Trinajstić information content (AvgIpc) is 2.34. The first-order valence-corrected chi connectivity index (χ1v) is 4.62. The average molecular weight is 190 g/mol. The number of nitrogens with zero attached hydrogens (tertiary/aromatic N) is 1. The highest BCUT2D eigenvalue weighted by Crippen LogP contribution is 2.11. The van der Waals surface area contributed by atoms with Crippen LogP contribution in [-0.4, -0.2) is 10.8 Å². The summed E-state index contributed by atoms with van der Waals surface area (Å²) in [5.41, 5.74) is 0.855. The highest BCUT2D eigenvalue weighted by Gasteiger charge is 2.02. The SMILES string of the molecule is CC(=O)Cc1nc(CCl)cs1. The van der Waals surface area contributed by atoms with Gasteiger partial charge in [0.25, 0.3) is 0 Å². The molecule has 0 radical (unpaired) electrons. The second-order valence-electron chi connectivity index (χ2n) is 2.25. The molecular weight excluding hydrogens is 182 g/mol. The van der Waals surface area contributed by atoms with Crippen LogP contribution in [0.15, 0.2) is 5.38 Å². The van der Waals surface area contributed by atoms with Crippen molar-refractivity contribution in [1.82, 2.24) is 4.98 Å². The third-order valence-corrected chi connectivity index (χ3v) is 2.31. The summed E-state index contributed by atoms with van der Waals surface area (Å²) >= 11 is 7.02. The van der Waals surface area contributed by atoms with Crippen LogP contribution >= 0.6 is 22.9 Å². The van der Waals surface area contributed by atoms with E-state index in [4.69, 9.17) is 11.6 Å². The van der Waals surface area contributed by atoms with E-state index >= 15 is 0 Å². The van der Waals surface area contributed by atoms with Gasteiger partial charge in [-0.2, -0.15) is 0 Å². The summed E-state index contributed by atoms with van der Waals surface area (Å²) in [6.07, 6.45) is 0.432. The summed E-state index contributed by atoms with van der Waals surface area (Å²) in [5, 5.41) is 2.74. The lowest BCUT2D eigenvalue weighted by atomic mass is 10.3. The lowest BCUT2D eigenvalue weighted by molar-refractivity contribution is -0.116. The first-order chi connectivity index (χ1) is 5.22. The first kappa shape index (κ1) is 8.68. The minimum atomic E-state index is 0.139. The molecule has 0 fully saturated rings. The van der Waals surface area contributed by atoms with Gasteiger partial charge in [-0.1, -0.05) is 0 Å². The van der Waals surface area contributed by atoms with Crippen LogP contribution in [0.4, 0.5) is 0 Å². The maximum absolute atomic E-state index is 10.6. The van der Waals surface area contributed by atoms with Gasteiger partial charge in [0.1, 0.15) is 10.8 Å². The van der Waals surface area contributed by atoms with E-state index in [1.807, 2.05) is 5.38 Å². The molecule has 0 aliphatic heterocycles. The monoisotopic (exact) mass is 189 g/mol. The van der Waals surface area contributed by atoms with E-state index in [0.29, 0.717) is 12.3 Å². The molecule has 1 heterocycles. The number of halogens is 1. The maximum Gasteiger partial charge on any atom is 0.136 e. The van der Waals surface area contributed by atoms with E-state index < -0.39 is 0 Å². The van der Waals surface area contributed by atoms with Crippen LogP contribution in [0.1, 0.15) is 17.6 Å². The fraction of sp³-hybridized carbons (Fsp3) is 0.429. The highest BCUT2D eigenvalue weighted by molar-refractivity contribution is 7.09. The Labute approximate surface area is 74.2 Å². The van der Waals surface area contributed by atoms with Gasteiger partial charge >= 0.3 is 0 Å². The van der Waals surface area contributed by atoms with Crippen molar-refractivity contribution in [1.29, 1.82) is 0 Å². The molecule has 0 aliphatic rings. The van der Waals surface area contributed by atoms with Crippen molar-refractivity contribution in [2.24, 2.45) is 0 Å². The van der Waals surface area contributed by atoms with Crippen LogP contribution in [0, 0.1) is 0 Å². The molecule has 1 aromatic rings. The Morgan fingerprint density at radius 2 is 2.55 bits per heavy atom. The molecule has 11 heavy (non-hydrogen) atoms. The molecule has 0 atom stereocenters. The van der Waals surface area contributed by atoms with Crippen molar-refractivity contribution in [3.63, 3.8) is 0 Å². The summed E-state index contributed by atoms with van der Waals surface area (Å²) < 4.78 is 0. The lowest BCUT2D eigenvalue weighted by Gasteiger charge is -1.86. The minimum absolute atomic E-state index is 0.139. The molecule has 0 saturated carbocycles. The number of thiazole rings is 1. The van der Waals surface area contributed by atoms with Crippen molar-refractivity contribution >= 4 is 28.7 Å². The van der Waals surface area contributed by atoms with E-state index in [0.717, 1.165) is 10.7 Å². The number of ketones is 1. The van der Waals surface area contributed by atoms with Crippen LogP contribution in [0.25, 0.3) is 0 Å². The first-order valence-electron chi connectivity index (χ1n) is 3.21. The summed E-state index contributed by atoms with van der Waals surface area (Å²) in [6.45, 7) is 1.56. The van der Waals surface area contributed by atoms with Gasteiger partial charge in [-0.3, -0.25) is 4.79 Å². The van der Waals surface area contributed by atoms with E-state index in [1.54, 1.807) is 6.92 Å². The number of rotatable bonds is 3. The highest BCUT2D eigenvalue weighted by atomic mass is 35.5. The van der Waals surface area contributed by atoms with E-state index in [1.165, 1.54) is 11.3 Å². The number of aromatic nitrogens is 1. The number of hydrogen-bond donors (Lipinski definition) is 0.